The summed E-state index contributed by atoms with van der Waals surface area (Å²) in [5.74, 6) is -0.811. The first-order valence-corrected chi connectivity index (χ1v) is 10.7. The Morgan fingerprint density at radius 2 is 1.55 bits per heavy atom. The summed E-state index contributed by atoms with van der Waals surface area (Å²) in [4.78, 5) is 38.5. The molecule has 0 radical (unpaired) electrons. The lowest BCUT2D eigenvalue weighted by atomic mass is 10.0. The van der Waals surface area contributed by atoms with Crippen molar-refractivity contribution in [2.75, 3.05) is 5.75 Å². The Morgan fingerprint density at radius 1 is 0.966 bits per heavy atom. The van der Waals surface area contributed by atoms with Crippen molar-refractivity contribution in [1.29, 1.82) is 0 Å². The summed E-state index contributed by atoms with van der Waals surface area (Å²) in [6, 6.07) is 17.4. The van der Waals surface area contributed by atoms with Crippen molar-refractivity contribution < 1.29 is 19.5 Å². The summed E-state index contributed by atoms with van der Waals surface area (Å²) in [7, 11) is 0. The van der Waals surface area contributed by atoms with E-state index in [-0.39, 0.29) is 29.9 Å². The summed E-state index contributed by atoms with van der Waals surface area (Å²) >= 11 is 1.08. The Bertz CT molecular complexity index is 808. The number of benzene rings is 2. The molecule has 0 aromatic heterocycles. The number of carboxylic acids is 1. The Hall–Kier alpha value is -2.60. The Kier molecular flexibility index (Phi) is 8.93. The summed E-state index contributed by atoms with van der Waals surface area (Å²) in [6.07, 6.45) is 0.488. The minimum absolute atomic E-state index is 0.0926. The van der Waals surface area contributed by atoms with Gasteiger partial charge in [-0.25, -0.2) is 4.79 Å². The fourth-order valence-corrected chi connectivity index (χ4v) is 3.76. The molecule has 6 heteroatoms. The highest BCUT2D eigenvalue weighted by atomic mass is 32.2. The van der Waals surface area contributed by atoms with Crippen LogP contribution in [0.1, 0.15) is 42.6 Å². The maximum absolute atomic E-state index is 12.9. The van der Waals surface area contributed by atoms with E-state index in [9.17, 15) is 19.5 Å². The van der Waals surface area contributed by atoms with Gasteiger partial charge in [0, 0.05) is 24.3 Å². The molecular formula is C23H27NO4S. The van der Waals surface area contributed by atoms with Gasteiger partial charge in [0.1, 0.15) is 6.04 Å². The molecule has 0 spiro atoms. The van der Waals surface area contributed by atoms with Gasteiger partial charge in [0.25, 0.3) is 0 Å². The van der Waals surface area contributed by atoms with Gasteiger partial charge in [-0.2, -0.15) is 0 Å². The van der Waals surface area contributed by atoms with Crippen LogP contribution >= 0.6 is 11.8 Å². The summed E-state index contributed by atoms with van der Waals surface area (Å²) in [5, 5.41) is 9.64. The topological polar surface area (TPSA) is 74.7 Å². The van der Waals surface area contributed by atoms with Crippen LogP contribution in [-0.4, -0.2) is 38.8 Å². The second-order valence-corrected chi connectivity index (χ2v) is 8.31. The molecule has 154 valence electrons. The molecule has 0 aliphatic carbocycles. The van der Waals surface area contributed by atoms with Crippen LogP contribution in [0.5, 0.6) is 0 Å². The van der Waals surface area contributed by atoms with E-state index in [0.29, 0.717) is 17.7 Å². The van der Waals surface area contributed by atoms with Crippen molar-refractivity contribution in [3.8, 4) is 0 Å². The number of nitrogens with zero attached hydrogens (tertiary/aromatic N) is 1. The van der Waals surface area contributed by atoms with Gasteiger partial charge < -0.3 is 10.0 Å². The molecule has 1 atom stereocenters. The highest BCUT2D eigenvalue weighted by Crippen LogP contribution is 2.19. The fraction of sp³-hybridized carbons (Fsp3) is 0.348. The van der Waals surface area contributed by atoms with Crippen LogP contribution in [0.25, 0.3) is 0 Å². The zero-order valence-electron chi connectivity index (χ0n) is 16.8. The van der Waals surface area contributed by atoms with Crippen LogP contribution in [0.15, 0.2) is 60.7 Å². The van der Waals surface area contributed by atoms with Crippen LogP contribution in [0.2, 0.25) is 0 Å². The van der Waals surface area contributed by atoms with Crippen LogP contribution in [-0.2, 0) is 16.1 Å². The third kappa shape index (κ3) is 7.38. The second kappa shape index (κ2) is 11.4. The van der Waals surface area contributed by atoms with E-state index in [0.717, 1.165) is 17.3 Å². The van der Waals surface area contributed by atoms with E-state index in [1.165, 1.54) is 4.90 Å². The van der Waals surface area contributed by atoms with Gasteiger partial charge in [-0.1, -0.05) is 86.3 Å². The largest absolute Gasteiger partial charge is 0.480 e. The maximum atomic E-state index is 12.9. The number of thioether (sulfide) groups is 1. The van der Waals surface area contributed by atoms with Gasteiger partial charge in [0.15, 0.2) is 0 Å². The van der Waals surface area contributed by atoms with Crippen molar-refractivity contribution in [3.05, 3.63) is 71.8 Å². The van der Waals surface area contributed by atoms with Crippen molar-refractivity contribution in [2.24, 2.45) is 5.92 Å². The van der Waals surface area contributed by atoms with Crippen LogP contribution in [0, 0.1) is 5.92 Å². The molecule has 1 N–H and O–H groups in total. The van der Waals surface area contributed by atoms with Gasteiger partial charge in [0.2, 0.25) is 11.0 Å². The lowest BCUT2D eigenvalue weighted by Crippen LogP contribution is -2.45. The average molecular weight is 414 g/mol. The number of hydrogen-bond acceptors (Lipinski definition) is 4. The van der Waals surface area contributed by atoms with Crippen molar-refractivity contribution in [3.63, 3.8) is 0 Å². The lowest BCUT2D eigenvalue weighted by Gasteiger charge is -2.30. The molecule has 0 unspecified atom stereocenters. The Labute approximate surface area is 176 Å². The van der Waals surface area contributed by atoms with E-state index in [1.807, 2.05) is 50.2 Å². The average Bonchev–Trinajstić information content (AvgIpc) is 2.71. The number of hydrogen-bond donors (Lipinski definition) is 1. The molecule has 0 saturated carbocycles. The monoisotopic (exact) mass is 413 g/mol. The second-order valence-electron chi connectivity index (χ2n) is 7.24. The predicted octanol–water partition coefficient (Wildman–Crippen LogP) is 4.48. The molecule has 1 amide bonds. The molecule has 0 aliphatic rings. The van der Waals surface area contributed by atoms with E-state index >= 15 is 0 Å². The summed E-state index contributed by atoms with van der Waals surface area (Å²) < 4.78 is 0. The van der Waals surface area contributed by atoms with E-state index in [1.54, 1.807) is 24.3 Å². The van der Waals surface area contributed by atoms with Crippen LogP contribution in [0.3, 0.4) is 0 Å². The SMILES string of the molecule is CC(C)C[C@@H](C(=O)O)N(Cc1ccccc1)C(=O)CCSC(=O)c1ccccc1. The molecule has 0 aliphatic heterocycles. The highest BCUT2D eigenvalue weighted by molar-refractivity contribution is 8.14. The molecule has 5 nitrogen and oxygen atoms in total. The minimum atomic E-state index is -1.00. The summed E-state index contributed by atoms with van der Waals surface area (Å²) in [6.45, 7) is 4.12. The van der Waals surface area contributed by atoms with Crippen molar-refractivity contribution in [1.82, 2.24) is 4.90 Å². The molecule has 0 saturated heterocycles. The predicted molar refractivity (Wildman–Crippen MR) is 116 cm³/mol. The van der Waals surface area contributed by atoms with Crippen molar-refractivity contribution >= 4 is 28.8 Å². The number of aliphatic carboxylic acids is 1. The number of carbonyl (C=O) groups excluding carboxylic acids is 2. The zero-order chi connectivity index (χ0) is 21.2. The first-order chi connectivity index (χ1) is 13.9. The molecule has 0 heterocycles. The van der Waals surface area contributed by atoms with Crippen LogP contribution < -0.4 is 0 Å². The molecule has 0 fully saturated rings. The Morgan fingerprint density at radius 3 is 2.10 bits per heavy atom. The number of amides is 1. The fourth-order valence-electron chi connectivity index (χ4n) is 2.99. The number of rotatable bonds is 10. The van der Waals surface area contributed by atoms with Crippen molar-refractivity contribution in [2.45, 2.75) is 39.3 Å². The van der Waals surface area contributed by atoms with E-state index < -0.39 is 12.0 Å². The molecule has 2 aromatic rings. The third-order valence-electron chi connectivity index (χ3n) is 4.43. The van der Waals surface area contributed by atoms with Crippen LogP contribution in [0.4, 0.5) is 0 Å². The molecule has 0 bridgehead atoms. The first kappa shape index (κ1) is 22.7. The van der Waals surface area contributed by atoms with E-state index in [2.05, 4.69) is 0 Å². The standard InChI is InChI=1S/C23H27NO4S/c1-17(2)15-20(22(26)27)24(16-18-9-5-3-6-10-18)21(25)13-14-29-23(28)19-11-7-4-8-12-19/h3-12,17,20H,13-16H2,1-2H3,(H,26,27)/t20-/m0/s1. The maximum Gasteiger partial charge on any atom is 0.326 e. The molecule has 2 rings (SSSR count). The van der Waals surface area contributed by atoms with Gasteiger partial charge in [-0.05, 0) is 17.9 Å². The first-order valence-electron chi connectivity index (χ1n) is 9.67. The van der Waals surface area contributed by atoms with Gasteiger partial charge in [-0.15, -0.1) is 0 Å². The van der Waals surface area contributed by atoms with Gasteiger partial charge in [-0.3, -0.25) is 9.59 Å². The molecule has 2 aromatic carbocycles. The quantitative estimate of drug-likeness (QED) is 0.622. The van der Waals surface area contributed by atoms with E-state index in [4.69, 9.17) is 0 Å². The molecule has 29 heavy (non-hydrogen) atoms. The van der Waals surface area contributed by atoms with Gasteiger partial charge >= 0.3 is 5.97 Å². The normalized spacial score (nSPS) is 11.8. The van der Waals surface area contributed by atoms with Gasteiger partial charge in [0.05, 0.1) is 0 Å². The number of carbonyl (C=O) groups is 3. The number of carboxylic acid groups (broad SMARTS) is 1. The molecular weight excluding hydrogens is 386 g/mol. The highest BCUT2D eigenvalue weighted by Gasteiger charge is 2.30. The minimum Gasteiger partial charge on any atom is -0.480 e. The Balaban J connectivity index is 2.06. The lowest BCUT2D eigenvalue weighted by molar-refractivity contribution is -0.151. The summed E-state index contributed by atoms with van der Waals surface area (Å²) in [5.41, 5.74) is 1.47. The zero-order valence-corrected chi connectivity index (χ0v) is 17.6. The smallest absolute Gasteiger partial charge is 0.326 e. The third-order valence-corrected chi connectivity index (χ3v) is 5.34.